The number of nitrogens with zero attached hydrogens (tertiary/aromatic N) is 1. The molecule has 2 aromatic rings. The minimum absolute atomic E-state index is 0.0104. The van der Waals surface area contributed by atoms with Crippen molar-refractivity contribution in [3.63, 3.8) is 0 Å². The molecule has 132 valence electrons. The van der Waals surface area contributed by atoms with E-state index in [0.717, 1.165) is 4.47 Å². The van der Waals surface area contributed by atoms with Gasteiger partial charge in [0.05, 0.1) is 25.0 Å². The lowest BCUT2D eigenvalue weighted by Crippen LogP contribution is -2.18. The molecule has 0 heterocycles. The van der Waals surface area contributed by atoms with E-state index in [-0.39, 0.29) is 11.9 Å². The van der Waals surface area contributed by atoms with Crippen LogP contribution in [0, 0.1) is 0 Å². The number of phenols is 1. The second-order valence-corrected chi connectivity index (χ2v) is 6.35. The van der Waals surface area contributed by atoms with Crippen LogP contribution < -0.4 is 14.9 Å². The number of carbonyl (C=O) groups is 1. The summed E-state index contributed by atoms with van der Waals surface area (Å²) in [5.74, 6) is 0.589. The number of hydrogen-bond acceptors (Lipinski definition) is 5. The Kier molecular flexibility index (Phi) is 6.41. The van der Waals surface area contributed by atoms with E-state index in [2.05, 4.69) is 26.5 Å². The van der Waals surface area contributed by atoms with Crippen molar-refractivity contribution in [1.29, 1.82) is 0 Å². The molecule has 25 heavy (non-hydrogen) atoms. The van der Waals surface area contributed by atoms with E-state index < -0.39 is 5.91 Å². The number of hydrazone groups is 1. The first-order valence-electron chi connectivity index (χ1n) is 7.57. The molecule has 0 radical (unpaired) electrons. The number of halogens is 1. The van der Waals surface area contributed by atoms with Gasteiger partial charge in [0, 0.05) is 16.1 Å². The average Bonchev–Trinajstić information content (AvgIpc) is 2.56. The maximum atomic E-state index is 12.2. The van der Waals surface area contributed by atoms with Gasteiger partial charge in [0.25, 0.3) is 5.91 Å². The summed E-state index contributed by atoms with van der Waals surface area (Å²) in [6.07, 6.45) is 1.37. The Morgan fingerprint density at radius 3 is 2.68 bits per heavy atom. The minimum atomic E-state index is -0.423. The molecule has 0 saturated carbocycles. The standard InChI is InChI=1S/C18H19BrN2O4/c1-11(2)25-14-6-4-12(16(22)9-14)10-20-21-18(23)15-8-13(19)5-7-17(15)24-3/h4-11,22H,1-3H3,(H,21,23)/b20-10-. The predicted molar refractivity (Wildman–Crippen MR) is 99.6 cm³/mol. The van der Waals surface area contributed by atoms with Crippen molar-refractivity contribution in [3.8, 4) is 17.2 Å². The molecular weight excluding hydrogens is 388 g/mol. The maximum Gasteiger partial charge on any atom is 0.275 e. The van der Waals surface area contributed by atoms with Crippen LogP contribution in [0.1, 0.15) is 29.8 Å². The zero-order valence-electron chi connectivity index (χ0n) is 14.1. The molecule has 0 bridgehead atoms. The number of rotatable bonds is 6. The van der Waals surface area contributed by atoms with Gasteiger partial charge in [-0.2, -0.15) is 5.10 Å². The largest absolute Gasteiger partial charge is 0.507 e. The van der Waals surface area contributed by atoms with Crippen LogP contribution in [0.2, 0.25) is 0 Å². The van der Waals surface area contributed by atoms with Gasteiger partial charge in [-0.05, 0) is 44.2 Å². The zero-order chi connectivity index (χ0) is 18.4. The number of phenolic OH excluding ortho intramolecular Hbond substituents is 1. The molecule has 2 aromatic carbocycles. The molecule has 0 spiro atoms. The third kappa shape index (κ3) is 5.22. The predicted octanol–water partition coefficient (Wildman–Crippen LogP) is 3.71. The van der Waals surface area contributed by atoms with Gasteiger partial charge in [0.15, 0.2) is 0 Å². The monoisotopic (exact) mass is 406 g/mol. The number of nitrogens with one attached hydrogen (secondary N) is 1. The molecule has 0 saturated heterocycles. The molecule has 0 aliphatic rings. The van der Waals surface area contributed by atoms with Crippen molar-refractivity contribution >= 4 is 28.1 Å². The van der Waals surface area contributed by atoms with Gasteiger partial charge >= 0.3 is 0 Å². The van der Waals surface area contributed by atoms with Crippen molar-refractivity contribution in [3.05, 3.63) is 52.0 Å². The summed E-state index contributed by atoms with van der Waals surface area (Å²) >= 11 is 3.31. The fourth-order valence-electron chi connectivity index (χ4n) is 2.06. The Hall–Kier alpha value is -2.54. The van der Waals surface area contributed by atoms with E-state index in [1.807, 2.05) is 13.8 Å². The Balaban J connectivity index is 2.08. The van der Waals surface area contributed by atoms with E-state index >= 15 is 0 Å². The highest BCUT2D eigenvalue weighted by atomic mass is 79.9. The van der Waals surface area contributed by atoms with Gasteiger partial charge in [0.1, 0.15) is 17.2 Å². The number of amides is 1. The quantitative estimate of drug-likeness (QED) is 0.565. The first-order chi connectivity index (χ1) is 11.9. The lowest BCUT2D eigenvalue weighted by atomic mass is 10.2. The van der Waals surface area contributed by atoms with E-state index in [9.17, 15) is 9.90 Å². The zero-order valence-corrected chi connectivity index (χ0v) is 15.7. The number of aromatic hydroxyl groups is 1. The van der Waals surface area contributed by atoms with Crippen molar-refractivity contribution in [2.24, 2.45) is 5.10 Å². The Morgan fingerprint density at radius 2 is 2.04 bits per heavy atom. The molecule has 0 fully saturated rings. The molecule has 2 N–H and O–H groups in total. The highest BCUT2D eigenvalue weighted by Crippen LogP contribution is 2.24. The molecule has 0 aliphatic carbocycles. The Morgan fingerprint density at radius 1 is 1.28 bits per heavy atom. The molecule has 7 heteroatoms. The van der Waals surface area contributed by atoms with Crippen LogP contribution in [0.4, 0.5) is 0 Å². The third-order valence-electron chi connectivity index (χ3n) is 3.15. The fraction of sp³-hybridized carbons (Fsp3) is 0.222. The average molecular weight is 407 g/mol. The van der Waals surface area contributed by atoms with Gasteiger partial charge in [0.2, 0.25) is 0 Å². The highest BCUT2D eigenvalue weighted by molar-refractivity contribution is 9.10. The summed E-state index contributed by atoms with van der Waals surface area (Å²) in [5, 5.41) is 13.9. The van der Waals surface area contributed by atoms with Crippen LogP contribution in [0.3, 0.4) is 0 Å². The molecule has 0 unspecified atom stereocenters. The fourth-order valence-corrected chi connectivity index (χ4v) is 2.42. The normalized spacial score (nSPS) is 10.9. The molecule has 0 atom stereocenters. The Labute approximate surface area is 154 Å². The van der Waals surface area contributed by atoms with Crippen molar-refractivity contribution in [2.75, 3.05) is 7.11 Å². The number of methoxy groups -OCH3 is 1. The second kappa shape index (κ2) is 8.53. The third-order valence-corrected chi connectivity index (χ3v) is 3.64. The summed E-state index contributed by atoms with van der Waals surface area (Å²) in [4.78, 5) is 12.2. The number of hydrogen-bond donors (Lipinski definition) is 2. The van der Waals surface area contributed by atoms with Gasteiger partial charge in [-0.15, -0.1) is 0 Å². The highest BCUT2D eigenvalue weighted by Gasteiger charge is 2.12. The van der Waals surface area contributed by atoms with Crippen LogP contribution in [-0.4, -0.2) is 30.4 Å². The molecular formula is C18H19BrN2O4. The number of benzene rings is 2. The van der Waals surface area contributed by atoms with Gasteiger partial charge in [-0.3, -0.25) is 4.79 Å². The van der Waals surface area contributed by atoms with Gasteiger partial charge in [-0.1, -0.05) is 15.9 Å². The van der Waals surface area contributed by atoms with Gasteiger partial charge < -0.3 is 14.6 Å². The molecule has 6 nitrogen and oxygen atoms in total. The lowest BCUT2D eigenvalue weighted by molar-refractivity contribution is 0.0952. The van der Waals surface area contributed by atoms with E-state index in [0.29, 0.717) is 22.6 Å². The maximum absolute atomic E-state index is 12.2. The van der Waals surface area contributed by atoms with E-state index in [1.165, 1.54) is 19.4 Å². The smallest absolute Gasteiger partial charge is 0.275 e. The van der Waals surface area contributed by atoms with Crippen LogP contribution in [0.5, 0.6) is 17.2 Å². The lowest BCUT2D eigenvalue weighted by Gasteiger charge is -2.10. The SMILES string of the molecule is COc1ccc(Br)cc1C(=O)N/N=C\c1ccc(OC(C)C)cc1O. The second-order valence-electron chi connectivity index (χ2n) is 5.43. The molecule has 2 rings (SSSR count). The molecule has 0 aromatic heterocycles. The molecule has 1 amide bonds. The van der Waals surface area contributed by atoms with E-state index in [4.69, 9.17) is 9.47 Å². The Bertz CT molecular complexity index is 791. The van der Waals surface area contributed by atoms with Crippen LogP contribution in [0.15, 0.2) is 46.0 Å². The summed E-state index contributed by atoms with van der Waals surface area (Å²) in [6.45, 7) is 3.80. The van der Waals surface area contributed by atoms with Crippen molar-refractivity contribution in [2.45, 2.75) is 20.0 Å². The van der Waals surface area contributed by atoms with Crippen molar-refractivity contribution < 1.29 is 19.4 Å². The summed E-state index contributed by atoms with van der Waals surface area (Å²) in [7, 11) is 1.49. The number of ether oxygens (including phenoxy) is 2. The minimum Gasteiger partial charge on any atom is -0.507 e. The number of carbonyl (C=O) groups excluding carboxylic acids is 1. The summed E-state index contributed by atoms with van der Waals surface area (Å²) in [6, 6.07) is 9.97. The van der Waals surface area contributed by atoms with Crippen LogP contribution in [-0.2, 0) is 0 Å². The first kappa shape index (κ1) is 18.8. The van der Waals surface area contributed by atoms with E-state index in [1.54, 1.807) is 30.3 Å². The van der Waals surface area contributed by atoms with Crippen LogP contribution >= 0.6 is 15.9 Å². The summed E-state index contributed by atoms with van der Waals surface area (Å²) in [5.41, 5.74) is 3.21. The van der Waals surface area contributed by atoms with Crippen LogP contribution in [0.25, 0.3) is 0 Å². The topological polar surface area (TPSA) is 80.2 Å². The van der Waals surface area contributed by atoms with Gasteiger partial charge in [-0.25, -0.2) is 5.43 Å². The summed E-state index contributed by atoms with van der Waals surface area (Å²) < 4.78 is 11.4. The molecule has 0 aliphatic heterocycles. The van der Waals surface area contributed by atoms with Crippen molar-refractivity contribution in [1.82, 2.24) is 5.43 Å². The first-order valence-corrected chi connectivity index (χ1v) is 8.36.